The Morgan fingerprint density at radius 1 is 0.793 bits per heavy atom. The fourth-order valence-corrected chi connectivity index (χ4v) is 4.36. The fraction of sp³-hybridized carbons (Fsp3) is 0.417. The lowest BCUT2D eigenvalue weighted by Gasteiger charge is -2.36. The van der Waals surface area contributed by atoms with Crippen molar-refractivity contribution in [3.8, 4) is 0 Å². The minimum Gasteiger partial charge on any atom is -0.368 e. The Balaban J connectivity index is 1.41. The predicted molar refractivity (Wildman–Crippen MR) is 116 cm³/mol. The molecule has 152 valence electrons. The molecule has 29 heavy (non-hydrogen) atoms. The van der Waals surface area contributed by atoms with Gasteiger partial charge in [0.05, 0.1) is 11.3 Å². The molecule has 1 aliphatic carbocycles. The summed E-state index contributed by atoms with van der Waals surface area (Å²) in [7, 11) is 0. The van der Waals surface area contributed by atoms with E-state index < -0.39 is 0 Å². The van der Waals surface area contributed by atoms with Gasteiger partial charge < -0.3 is 15.1 Å². The Bertz CT molecular complexity index is 838. The number of hydrogen-bond acceptors (Lipinski definition) is 3. The Labute approximate surface area is 172 Å². The van der Waals surface area contributed by atoms with Gasteiger partial charge in [-0.2, -0.15) is 0 Å². The first-order valence-electron chi connectivity index (χ1n) is 10.7. The van der Waals surface area contributed by atoms with E-state index in [1.165, 1.54) is 12.1 Å². The van der Waals surface area contributed by atoms with Crippen molar-refractivity contribution in [3.05, 3.63) is 60.2 Å². The molecule has 0 unspecified atom stereocenters. The lowest BCUT2D eigenvalue weighted by molar-refractivity contribution is -0.120. The van der Waals surface area contributed by atoms with Crippen LogP contribution >= 0.6 is 0 Å². The first-order valence-corrected chi connectivity index (χ1v) is 10.7. The highest BCUT2D eigenvalue weighted by molar-refractivity contribution is 6.04. The molecule has 2 fully saturated rings. The largest absolute Gasteiger partial charge is 0.368 e. The summed E-state index contributed by atoms with van der Waals surface area (Å²) >= 11 is 0. The number of carbonyl (C=O) groups excluding carboxylic acids is 2. The molecule has 0 atom stereocenters. The van der Waals surface area contributed by atoms with E-state index in [2.05, 4.69) is 22.3 Å². The van der Waals surface area contributed by atoms with E-state index in [4.69, 9.17) is 0 Å². The van der Waals surface area contributed by atoms with Crippen molar-refractivity contribution >= 4 is 23.2 Å². The maximum absolute atomic E-state index is 13.2. The van der Waals surface area contributed by atoms with Crippen LogP contribution in [0.25, 0.3) is 0 Å². The number of amides is 2. The van der Waals surface area contributed by atoms with Crippen molar-refractivity contribution in [2.75, 3.05) is 36.4 Å². The van der Waals surface area contributed by atoms with Crippen molar-refractivity contribution in [1.29, 1.82) is 0 Å². The summed E-state index contributed by atoms with van der Waals surface area (Å²) in [6, 6.07) is 17.7. The van der Waals surface area contributed by atoms with E-state index in [0.29, 0.717) is 24.3 Å². The van der Waals surface area contributed by atoms with Gasteiger partial charge in [0, 0.05) is 37.8 Å². The molecule has 4 rings (SSSR count). The van der Waals surface area contributed by atoms with E-state index in [0.717, 1.165) is 38.8 Å². The second-order valence-corrected chi connectivity index (χ2v) is 7.98. The minimum atomic E-state index is -0.00254. The van der Waals surface area contributed by atoms with E-state index in [1.54, 1.807) is 0 Å². The van der Waals surface area contributed by atoms with Crippen LogP contribution in [0.1, 0.15) is 42.5 Å². The average molecular weight is 392 g/mol. The van der Waals surface area contributed by atoms with Crippen LogP contribution in [-0.4, -0.2) is 42.9 Å². The molecule has 5 nitrogen and oxygen atoms in total. The van der Waals surface area contributed by atoms with Crippen LogP contribution in [0.2, 0.25) is 0 Å². The van der Waals surface area contributed by atoms with Gasteiger partial charge in [0.1, 0.15) is 0 Å². The third-order valence-corrected chi connectivity index (χ3v) is 6.08. The summed E-state index contributed by atoms with van der Waals surface area (Å²) in [5.41, 5.74) is 2.42. The standard InChI is InChI=1S/C24H29N3O2/c28-23(19-9-3-1-4-10-19)25-22-14-8-7-13-21(22)24(29)27-17-15-26(16-18-27)20-11-5-2-6-12-20/h2,5-8,11-14,19H,1,3-4,9-10,15-18H2,(H,25,28). The van der Waals surface area contributed by atoms with E-state index >= 15 is 0 Å². The maximum atomic E-state index is 13.2. The van der Waals surface area contributed by atoms with Crippen molar-refractivity contribution < 1.29 is 9.59 Å². The molecular weight excluding hydrogens is 362 g/mol. The number of carbonyl (C=O) groups is 2. The summed E-state index contributed by atoms with van der Waals surface area (Å²) in [6.07, 6.45) is 5.34. The number of nitrogens with zero attached hydrogens (tertiary/aromatic N) is 2. The zero-order valence-corrected chi connectivity index (χ0v) is 16.8. The highest BCUT2D eigenvalue weighted by Crippen LogP contribution is 2.26. The van der Waals surface area contributed by atoms with Gasteiger partial charge in [-0.1, -0.05) is 49.6 Å². The van der Waals surface area contributed by atoms with E-state index in [9.17, 15) is 9.59 Å². The highest BCUT2D eigenvalue weighted by atomic mass is 16.2. The van der Waals surface area contributed by atoms with Crippen LogP contribution in [0.3, 0.4) is 0 Å². The van der Waals surface area contributed by atoms with Gasteiger partial charge in [0.25, 0.3) is 5.91 Å². The van der Waals surface area contributed by atoms with Crippen LogP contribution in [0.5, 0.6) is 0 Å². The van der Waals surface area contributed by atoms with Gasteiger partial charge in [0.15, 0.2) is 0 Å². The van der Waals surface area contributed by atoms with Crippen molar-refractivity contribution in [2.45, 2.75) is 32.1 Å². The Hall–Kier alpha value is -2.82. The topological polar surface area (TPSA) is 52.7 Å². The van der Waals surface area contributed by atoms with Crippen molar-refractivity contribution in [2.24, 2.45) is 5.92 Å². The lowest BCUT2D eigenvalue weighted by Crippen LogP contribution is -2.49. The number of rotatable bonds is 4. The normalized spacial score (nSPS) is 17.8. The number of piperazine rings is 1. The molecule has 2 aromatic carbocycles. The van der Waals surface area contributed by atoms with Crippen LogP contribution in [-0.2, 0) is 4.79 Å². The zero-order chi connectivity index (χ0) is 20.1. The van der Waals surface area contributed by atoms with Gasteiger partial charge in [-0.15, -0.1) is 0 Å². The second kappa shape index (κ2) is 9.12. The van der Waals surface area contributed by atoms with Crippen LogP contribution in [0.15, 0.2) is 54.6 Å². The number of para-hydroxylation sites is 2. The van der Waals surface area contributed by atoms with Crippen molar-refractivity contribution in [1.82, 2.24) is 4.90 Å². The Morgan fingerprint density at radius 2 is 1.45 bits per heavy atom. The van der Waals surface area contributed by atoms with Crippen molar-refractivity contribution in [3.63, 3.8) is 0 Å². The maximum Gasteiger partial charge on any atom is 0.256 e. The highest BCUT2D eigenvalue weighted by Gasteiger charge is 2.26. The molecule has 0 aromatic heterocycles. The van der Waals surface area contributed by atoms with E-state index in [-0.39, 0.29) is 17.7 Å². The molecular formula is C24H29N3O2. The fourth-order valence-electron chi connectivity index (χ4n) is 4.36. The molecule has 1 N–H and O–H groups in total. The SMILES string of the molecule is O=C(Nc1ccccc1C(=O)N1CCN(c2ccccc2)CC1)C1CCCCC1. The summed E-state index contributed by atoms with van der Waals surface area (Å²) in [5, 5.41) is 3.04. The summed E-state index contributed by atoms with van der Waals surface area (Å²) in [4.78, 5) is 30.1. The Morgan fingerprint density at radius 3 is 2.17 bits per heavy atom. The third-order valence-electron chi connectivity index (χ3n) is 6.08. The molecule has 2 amide bonds. The number of benzene rings is 2. The summed E-state index contributed by atoms with van der Waals surface area (Å²) < 4.78 is 0. The number of nitrogens with one attached hydrogen (secondary N) is 1. The second-order valence-electron chi connectivity index (χ2n) is 7.98. The molecule has 1 saturated carbocycles. The van der Waals surface area contributed by atoms with Gasteiger partial charge in [-0.05, 0) is 37.1 Å². The molecule has 0 spiro atoms. The quantitative estimate of drug-likeness (QED) is 0.851. The van der Waals surface area contributed by atoms with Gasteiger partial charge >= 0.3 is 0 Å². The van der Waals surface area contributed by atoms with Gasteiger partial charge in [-0.3, -0.25) is 9.59 Å². The molecule has 2 aliphatic rings. The van der Waals surface area contributed by atoms with Gasteiger partial charge in [0.2, 0.25) is 5.91 Å². The molecule has 1 heterocycles. The molecule has 5 heteroatoms. The zero-order valence-electron chi connectivity index (χ0n) is 16.8. The monoisotopic (exact) mass is 391 g/mol. The predicted octanol–water partition coefficient (Wildman–Crippen LogP) is 4.17. The van der Waals surface area contributed by atoms with Crippen LogP contribution in [0.4, 0.5) is 11.4 Å². The molecule has 2 aromatic rings. The first-order chi connectivity index (χ1) is 14.2. The van der Waals surface area contributed by atoms with Crippen LogP contribution in [0, 0.1) is 5.92 Å². The summed E-state index contributed by atoms with van der Waals surface area (Å²) in [6.45, 7) is 2.98. The first kappa shape index (κ1) is 19.5. The molecule has 1 aliphatic heterocycles. The molecule has 0 radical (unpaired) electrons. The Kier molecular flexibility index (Phi) is 6.13. The third kappa shape index (κ3) is 4.61. The molecule has 0 bridgehead atoms. The smallest absolute Gasteiger partial charge is 0.256 e. The van der Waals surface area contributed by atoms with E-state index in [1.807, 2.05) is 47.4 Å². The lowest BCUT2D eigenvalue weighted by atomic mass is 9.88. The van der Waals surface area contributed by atoms with Crippen LogP contribution < -0.4 is 10.2 Å². The summed E-state index contributed by atoms with van der Waals surface area (Å²) in [5.74, 6) is 0.123. The average Bonchev–Trinajstić information content (AvgIpc) is 2.80. The molecule has 1 saturated heterocycles. The minimum absolute atomic E-state index is 0.00254. The number of hydrogen-bond donors (Lipinski definition) is 1. The number of anilines is 2. The van der Waals surface area contributed by atoms with Gasteiger partial charge in [-0.25, -0.2) is 0 Å².